The second-order valence-corrected chi connectivity index (χ2v) is 7.03. The third-order valence-corrected chi connectivity index (χ3v) is 5.59. The first-order chi connectivity index (χ1) is 11.2. The van der Waals surface area contributed by atoms with Gasteiger partial charge in [-0.25, -0.2) is 5.10 Å². The molecule has 2 aliphatic rings. The summed E-state index contributed by atoms with van der Waals surface area (Å²) in [6.07, 6.45) is 4.97. The van der Waals surface area contributed by atoms with Crippen molar-refractivity contribution in [2.75, 3.05) is 0 Å². The third kappa shape index (κ3) is 2.83. The number of benzene rings is 1. The summed E-state index contributed by atoms with van der Waals surface area (Å²) in [7, 11) is 0. The van der Waals surface area contributed by atoms with Crippen LogP contribution in [0.3, 0.4) is 0 Å². The predicted molar refractivity (Wildman–Crippen MR) is 90.3 cm³/mol. The number of aromatic amines is 1. The van der Waals surface area contributed by atoms with Crippen LogP contribution in [0.15, 0.2) is 41.2 Å². The number of nitrogens with zero attached hydrogens (tertiary/aromatic N) is 1. The molecule has 1 aromatic carbocycles. The average Bonchev–Trinajstić information content (AvgIpc) is 2.82. The second-order valence-electron chi connectivity index (χ2n) is 7.03. The minimum absolute atomic E-state index is 0.147. The van der Waals surface area contributed by atoms with Gasteiger partial charge in [0.15, 0.2) is 0 Å². The molecule has 2 aliphatic carbocycles. The van der Waals surface area contributed by atoms with Crippen molar-refractivity contribution < 1.29 is 0 Å². The Balaban J connectivity index is 1.54. The van der Waals surface area contributed by atoms with Gasteiger partial charge < -0.3 is 5.32 Å². The molecule has 23 heavy (non-hydrogen) atoms. The molecule has 0 saturated heterocycles. The van der Waals surface area contributed by atoms with Gasteiger partial charge in [-0.1, -0.05) is 24.3 Å². The Morgan fingerprint density at radius 1 is 1.09 bits per heavy atom. The number of hydrogen-bond acceptors (Lipinski definition) is 3. The predicted octanol–water partition coefficient (Wildman–Crippen LogP) is 2.61. The Kier molecular flexibility index (Phi) is 3.77. The third-order valence-electron chi connectivity index (χ3n) is 5.59. The molecular formula is C19H23N3O. The molecule has 120 valence electrons. The van der Waals surface area contributed by atoms with Crippen molar-refractivity contribution in [3.05, 3.63) is 63.6 Å². The van der Waals surface area contributed by atoms with Crippen LogP contribution in [0.2, 0.25) is 0 Å². The highest BCUT2D eigenvalue weighted by molar-refractivity contribution is 5.31. The molecule has 0 aliphatic heterocycles. The summed E-state index contributed by atoms with van der Waals surface area (Å²) in [6.45, 7) is 2.14. The van der Waals surface area contributed by atoms with Gasteiger partial charge in [-0.3, -0.25) is 4.79 Å². The van der Waals surface area contributed by atoms with Crippen molar-refractivity contribution in [2.24, 2.45) is 11.8 Å². The summed E-state index contributed by atoms with van der Waals surface area (Å²) in [5.74, 6) is 1.41. The molecule has 3 unspecified atom stereocenters. The number of rotatable bonds is 3. The van der Waals surface area contributed by atoms with Gasteiger partial charge in [0, 0.05) is 18.2 Å². The van der Waals surface area contributed by atoms with Gasteiger partial charge in [0.1, 0.15) is 0 Å². The van der Waals surface area contributed by atoms with Crippen LogP contribution in [0.25, 0.3) is 0 Å². The maximum atomic E-state index is 11.2. The molecule has 0 amide bonds. The molecule has 1 heterocycles. The SMILES string of the molecule is CC(NC1C2CCC1Cc1ccccc1C2)c1ccc(=O)[nH]n1. The lowest BCUT2D eigenvalue weighted by molar-refractivity contribution is 0.312. The standard InChI is InChI=1S/C19H23N3O/c1-12(17-8-9-18(23)22-21-17)20-19-15-6-7-16(19)11-14-5-3-2-4-13(14)10-15/h2-5,8-9,12,15-16,19-20H,6-7,10-11H2,1H3,(H,22,23). The average molecular weight is 309 g/mol. The summed E-state index contributed by atoms with van der Waals surface area (Å²) >= 11 is 0. The van der Waals surface area contributed by atoms with Crippen LogP contribution in [0.4, 0.5) is 0 Å². The lowest BCUT2D eigenvalue weighted by Crippen LogP contribution is -2.40. The highest BCUT2D eigenvalue weighted by Crippen LogP contribution is 2.40. The number of aromatic nitrogens is 2. The first-order valence-electron chi connectivity index (χ1n) is 8.59. The second kappa shape index (κ2) is 5.93. The largest absolute Gasteiger partial charge is 0.305 e. The minimum atomic E-state index is -0.147. The molecule has 3 atom stereocenters. The Morgan fingerprint density at radius 2 is 1.74 bits per heavy atom. The molecule has 2 aromatic rings. The van der Waals surface area contributed by atoms with Gasteiger partial charge in [0.05, 0.1) is 5.69 Å². The van der Waals surface area contributed by atoms with Crippen LogP contribution < -0.4 is 10.9 Å². The zero-order valence-electron chi connectivity index (χ0n) is 13.5. The summed E-state index contributed by atoms with van der Waals surface area (Å²) in [6, 6.07) is 13.0. The number of hydrogen-bond donors (Lipinski definition) is 2. The fourth-order valence-electron chi connectivity index (χ4n) is 4.39. The van der Waals surface area contributed by atoms with Gasteiger partial charge >= 0.3 is 0 Å². The molecule has 2 N–H and O–H groups in total. The molecule has 1 aromatic heterocycles. The molecular weight excluding hydrogens is 286 g/mol. The van der Waals surface area contributed by atoms with Crippen molar-refractivity contribution >= 4 is 0 Å². The van der Waals surface area contributed by atoms with Crippen molar-refractivity contribution in [1.82, 2.24) is 15.5 Å². The van der Waals surface area contributed by atoms with E-state index in [9.17, 15) is 4.79 Å². The van der Waals surface area contributed by atoms with E-state index in [1.807, 2.05) is 6.07 Å². The van der Waals surface area contributed by atoms with E-state index in [4.69, 9.17) is 0 Å². The fraction of sp³-hybridized carbons (Fsp3) is 0.474. The van der Waals surface area contributed by atoms with Crippen LogP contribution in [0.5, 0.6) is 0 Å². The van der Waals surface area contributed by atoms with Crippen LogP contribution in [-0.4, -0.2) is 16.2 Å². The van der Waals surface area contributed by atoms with E-state index < -0.39 is 0 Å². The smallest absolute Gasteiger partial charge is 0.264 e. The van der Waals surface area contributed by atoms with E-state index in [0.29, 0.717) is 17.9 Å². The molecule has 4 rings (SSSR count). The van der Waals surface area contributed by atoms with Gasteiger partial charge in [0.25, 0.3) is 5.56 Å². The van der Waals surface area contributed by atoms with Gasteiger partial charge in [0.2, 0.25) is 0 Å². The van der Waals surface area contributed by atoms with Gasteiger partial charge in [-0.05, 0) is 61.6 Å². The maximum Gasteiger partial charge on any atom is 0.264 e. The van der Waals surface area contributed by atoms with Gasteiger partial charge in [-0.15, -0.1) is 0 Å². The van der Waals surface area contributed by atoms with Crippen molar-refractivity contribution in [3.8, 4) is 0 Å². The van der Waals surface area contributed by atoms with E-state index in [1.165, 1.54) is 36.8 Å². The van der Waals surface area contributed by atoms with Crippen LogP contribution in [0, 0.1) is 11.8 Å². The Hall–Kier alpha value is -1.94. The van der Waals surface area contributed by atoms with Crippen LogP contribution in [-0.2, 0) is 12.8 Å². The normalized spacial score (nSPS) is 27.3. The first kappa shape index (κ1) is 14.6. The maximum absolute atomic E-state index is 11.2. The molecule has 4 nitrogen and oxygen atoms in total. The summed E-state index contributed by atoms with van der Waals surface area (Å²) in [5.41, 5.74) is 3.82. The number of fused-ring (bicyclic) bond motifs is 3. The molecule has 2 bridgehead atoms. The van der Waals surface area contributed by atoms with Crippen molar-refractivity contribution in [3.63, 3.8) is 0 Å². The Bertz CT molecular complexity index is 701. The minimum Gasteiger partial charge on any atom is -0.305 e. The van der Waals surface area contributed by atoms with E-state index in [2.05, 4.69) is 46.7 Å². The summed E-state index contributed by atoms with van der Waals surface area (Å²) < 4.78 is 0. The molecule has 0 spiro atoms. The van der Waals surface area contributed by atoms with Crippen molar-refractivity contribution in [1.29, 1.82) is 0 Å². The number of nitrogens with one attached hydrogen (secondary N) is 2. The van der Waals surface area contributed by atoms with Crippen LogP contribution >= 0.6 is 0 Å². The lowest BCUT2D eigenvalue weighted by Gasteiger charge is -2.27. The highest BCUT2D eigenvalue weighted by atomic mass is 16.1. The van der Waals surface area contributed by atoms with Gasteiger partial charge in [-0.2, -0.15) is 5.10 Å². The highest BCUT2D eigenvalue weighted by Gasteiger charge is 2.39. The quantitative estimate of drug-likeness (QED) is 0.916. The lowest BCUT2D eigenvalue weighted by atomic mass is 9.94. The fourth-order valence-corrected chi connectivity index (χ4v) is 4.39. The van der Waals surface area contributed by atoms with E-state index in [-0.39, 0.29) is 11.6 Å². The topological polar surface area (TPSA) is 57.8 Å². The van der Waals surface area contributed by atoms with E-state index in [1.54, 1.807) is 6.07 Å². The van der Waals surface area contributed by atoms with E-state index in [0.717, 1.165) is 5.69 Å². The monoisotopic (exact) mass is 309 g/mol. The summed E-state index contributed by atoms with van der Waals surface area (Å²) in [4.78, 5) is 11.2. The van der Waals surface area contributed by atoms with Crippen LogP contribution in [0.1, 0.15) is 42.6 Å². The first-order valence-corrected chi connectivity index (χ1v) is 8.59. The zero-order chi connectivity index (χ0) is 15.8. The molecule has 1 fully saturated rings. The zero-order valence-corrected chi connectivity index (χ0v) is 13.5. The van der Waals surface area contributed by atoms with E-state index >= 15 is 0 Å². The molecule has 4 heteroatoms. The summed E-state index contributed by atoms with van der Waals surface area (Å²) in [5, 5.41) is 10.5. The Labute approximate surface area is 136 Å². The number of H-pyrrole nitrogens is 1. The van der Waals surface area contributed by atoms with Crippen molar-refractivity contribution in [2.45, 2.75) is 44.7 Å². The Morgan fingerprint density at radius 3 is 2.30 bits per heavy atom. The molecule has 0 radical (unpaired) electrons. The molecule has 1 saturated carbocycles.